The molecule has 25 heavy (non-hydrogen) atoms. The van der Waals surface area contributed by atoms with Gasteiger partial charge in [-0.05, 0) is 24.8 Å². The fourth-order valence-corrected chi connectivity index (χ4v) is 4.11. The summed E-state index contributed by atoms with van der Waals surface area (Å²) < 4.78 is 61.2. The van der Waals surface area contributed by atoms with E-state index in [1.807, 2.05) is 0 Å². The smallest absolute Gasteiger partial charge is 0.366 e. The molecule has 1 atom stereocenters. The van der Waals surface area contributed by atoms with E-state index in [1.165, 1.54) is 4.90 Å². The first kappa shape index (κ1) is 19.7. The van der Waals surface area contributed by atoms with Gasteiger partial charge in [0, 0.05) is 19.2 Å². The lowest BCUT2D eigenvalue weighted by atomic mass is 9.99. The lowest BCUT2D eigenvalue weighted by Gasteiger charge is -2.34. The normalized spacial score (nSPS) is 19.1. The Balaban J connectivity index is 2.40. The third-order valence-electron chi connectivity index (χ3n) is 3.89. The van der Waals surface area contributed by atoms with Gasteiger partial charge in [-0.2, -0.15) is 13.2 Å². The first-order valence-corrected chi connectivity index (χ1v) is 9.28. The highest BCUT2D eigenvalue weighted by Crippen LogP contribution is 2.42. The predicted octanol–water partition coefficient (Wildman–Crippen LogP) is 2.77. The molecule has 2 rings (SSSR count). The average Bonchev–Trinajstić information content (AvgIpc) is 2.43. The molecule has 0 saturated carbocycles. The summed E-state index contributed by atoms with van der Waals surface area (Å²) in [5.74, 6) is -0.671. The molecule has 0 aliphatic carbocycles. The first-order chi connectivity index (χ1) is 11.4. The van der Waals surface area contributed by atoms with Crippen LogP contribution in [0.4, 0.5) is 24.5 Å². The lowest BCUT2D eigenvalue weighted by molar-refractivity contribution is -0.384. The molecule has 140 valence electrons. The molecule has 12 heteroatoms. The Morgan fingerprint density at radius 2 is 2.04 bits per heavy atom. The van der Waals surface area contributed by atoms with Crippen molar-refractivity contribution in [1.82, 2.24) is 0 Å². The summed E-state index contributed by atoms with van der Waals surface area (Å²) in [6, 6.07) is 1.31. The van der Waals surface area contributed by atoms with Crippen LogP contribution in [0.25, 0.3) is 0 Å². The van der Waals surface area contributed by atoms with Gasteiger partial charge in [0.1, 0.15) is 5.69 Å². The van der Waals surface area contributed by atoms with Gasteiger partial charge in [-0.3, -0.25) is 10.1 Å². The van der Waals surface area contributed by atoms with Crippen molar-refractivity contribution >= 4 is 33.0 Å². The van der Waals surface area contributed by atoms with Crippen molar-refractivity contribution in [3.8, 4) is 0 Å². The van der Waals surface area contributed by atoms with Crippen molar-refractivity contribution in [2.75, 3.05) is 23.7 Å². The number of benzene rings is 1. The molecular formula is C13H15ClF3N3O4S. The van der Waals surface area contributed by atoms with Crippen LogP contribution in [0.15, 0.2) is 12.1 Å². The largest absolute Gasteiger partial charge is 0.418 e. The summed E-state index contributed by atoms with van der Waals surface area (Å²) >= 11 is 5.67. The Labute approximate surface area is 146 Å². The van der Waals surface area contributed by atoms with Crippen LogP contribution >= 0.6 is 11.6 Å². The molecule has 0 aromatic heterocycles. The average molecular weight is 402 g/mol. The van der Waals surface area contributed by atoms with Gasteiger partial charge in [0.2, 0.25) is 10.0 Å². The molecule has 0 radical (unpaired) electrons. The van der Waals surface area contributed by atoms with Crippen molar-refractivity contribution in [1.29, 1.82) is 0 Å². The van der Waals surface area contributed by atoms with Crippen molar-refractivity contribution in [2.24, 2.45) is 11.1 Å². The van der Waals surface area contributed by atoms with Gasteiger partial charge in [0.15, 0.2) is 0 Å². The SMILES string of the molecule is NS(=O)(=O)CC1CCCN(c2cc(Cl)c(C(F)(F)F)cc2[N+](=O)[O-])C1. The number of hydrogen-bond donors (Lipinski definition) is 1. The summed E-state index contributed by atoms with van der Waals surface area (Å²) in [4.78, 5) is 11.8. The molecule has 1 saturated heterocycles. The molecule has 1 aliphatic heterocycles. The quantitative estimate of drug-likeness (QED) is 0.616. The summed E-state index contributed by atoms with van der Waals surface area (Å²) in [5.41, 5.74) is -2.09. The van der Waals surface area contributed by atoms with Gasteiger partial charge in [-0.15, -0.1) is 0 Å². The molecule has 1 heterocycles. The zero-order valence-electron chi connectivity index (χ0n) is 12.8. The summed E-state index contributed by atoms with van der Waals surface area (Å²) in [6.07, 6.45) is -3.75. The fourth-order valence-electron chi connectivity index (χ4n) is 2.92. The maximum absolute atomic E-state index is 12.9. The monoisotopic (exact) mass is 401 g/mol. The molecule has 7 nitrogen and oxygen atoms in total. The lowest BCUT2D eigenvalue weighted by Crippen LogP contribution is -2.39. The Morgan fingerprint density at radius 1 is 1.40 bits per heavy atom. The second kappa shape index (κ2) is 6.96. The van der Waals surface area contributed by atoms with E-state index in [-0.39, 0.29) is 23.9 Å². The number of nitro benzene ring substituents is 1. The minimum Gasteiger partial charge on any atom is -0.366 e. The van der Waals surface area contributed by atoms with Crippen LogP contribution in [-0.4, -0.2) is 32.2 Å². The highest BCUT2D eigenvalue weighted by Gasteiger charge is 2.37. The maximum atomic E-state index is 12.9. The molecule has 2 N–H and O–H groups in total. The Hall–Kier alpha value is -1.59. The first-order valence-electron chi connectivity index (χ1n) is 7.19. The fraction of sp³-hybridized carbons (Fsp3) is 0.538. The number of hydrogen-bond acceptors (Lipinski definition) is 5. The van der Waals surface area contributed by atoms with E-state index in [0.717, 1.165) is 6.07 Å². The van der Waals surface area contributed by atoms with Crippen LogP contribution in [0.3, 0.4) is 0 Å². The Morgan fingerprint density at radius 3 is 2.56 bits per heavy atom. The third kappa shape index (κ3) is 4.95. The van der Waals surface area contributed by atoms with E-state index < -0.39 is 37.4 Å². The Kier molecular flexibility index (Phi) is 5.50. The number of nitrogens with zero attached hydrogens (tertiary/aromatic N) is 2. The van der Waals surface area contributed by atoms with E-state index in [0.29, 0.717) is 25.5 Å². The molecule has 1 fully saturated rings. The molecule has 1 aromatic rings. The standard InChI is InChI=1S/C13H15ClF3N3O4S/c14-10-5-11(12(20(21)22)4-9(10)13(15,16)17)19-3-1-2-8(6-19)7-25(18,23)24/h4-5,8H,1-3,6-7H2,(H2,18,23,24). The minimum atomic E-state index is -4.82. The van der Waals surface area contributed by atoms with Crippen LogP contribution in [-0.2, 0) is 16.2 Å². The van der Waals surface area contributed by atoms with E-state index in [9.17, 15) is 31.7 Å². The molecular weight excluding hydrogens is 387 g/mol. The number of nitro groups is 1. The maximum Gasteiger partial charge on any atom is 0.418 e. The second-order valence-corrected chi connectivity index (χ2v) is 7.93. The number of halogens is 4. The van der Waals surface area contributed by atoms with E-state index in [1.54, 1.807) is 0 Å². The van der Waals surface area contributed by atoms with Crippen molar-refractivity contribution in [3.05, 3.63) is 32.8 Å². The third-order valence-corrected chi connectivity index (χ3v) is 5.14. The van der Waals surface area contributed by atoms with E-state index >= 15 is 0 Å². The topological polar surface area (TPSA) is 107 Å². The van der Waals surface area contributed by atoms with Crippen LogP contribution in [0, 0.1) is 16.0 Å². The van der Waals surface area contributed by atoms with Crippen LogP contribution in [0.2, 0.25) is 5.02 Å². The van der Waals surface area contributed by atoms with E-state index in [2.05, 4.69) is 0 Å². The van der Waals surface area contributed by atoms with Gasteiger partial charge in [0.05, 0.1) is 21.3 Å². The zero-order valence-corrected chi connectivity index (χ0v) is 14.4. The van der Waals surface area contributed by atoms with Crippen molar-refractivity contribution in [3.63, 3.8) is 0 Å². The second-order valence-electron chi connectivity index (χ2n) is 5.86. The van der Waals surface area contributed by atoms with Gasteiger partial charge >= 0.3 is 6.18 Å². The highest BCUT2D eigenvalue weighted by molar-refractivity contribution is 7.89. The summed E-state index contributed by atoms with van der Waals surface area (Å²) in [5, 5.41) is 15.6. The van der Waals surface area contributed by atoms with Gasteiger partial charge in [0.25, 0.3) is 5.69 Å². The number of primary sulfonamides is 1. The van der Waals surface area contributed by atoms with Gasteiger partial charge in [-0.1, -0.05) is 11.6 Å². The number of anilines is 1. The summed E-state index contributed by atoms with van der Waals surface area (Å²) in [6.45, 7) is 0.461. The van der Waals surface area contributed by atoms with Crippen LogP contribution in [0.5, 0.6) is 0 Å². The minimum absolute atomic E-state index is 0.0675. The van der Waals surface area contributed by atoms with Gasteiger partial charge in [-0.25, -0.2) is 13.6 Å². The molecule has 1 aromatic carbocycles. The van der Waals surface area contributed by atoms with Crippen molar-refractivity contribution < 1.29 is 26.5 Å². The van der Waals surface area contributed by atoms with Gasteiger partial charge < -0.3 is 4.90 Å². The number of alkyl halides is 3. The zero-order chi connectivity index (χ0) is 19.0. The van der Waals surface area contributed by atoms with Crippen LogP contribution < -0.4 is 10.0 Å². The highest BCUT2D eigenvalue weighted by atomic mass is 35.5. The number of piperidine rings is 1. The molecule has 0 bridgehead atoms. The Bertz CT molecular complexity index is 785. The predicted molar refractivity (Wildman–Crippen MR) is 86.0 cm³/mol. The number of sulfonamides is 1. The molecule has 1 aliphatic rings. The molecule has 0 spiro atoms. The molecule has 1 unspecified atom stereocenters. The van der Waals surface area contributed by atoms with Crippen molar-refractivity contribution in [2.45, 2.75) is 19.0 Å². The number of nitrogens with two attached hydrogens (primary N) is 1. The summed E-state index contributed by atoms with van der Waals surface area (Å²) in [7, 11) is -3.73. The van der Waals surface area contributed by atoms with E-state index in [4.69, 9.17) is 16.7 Å². The van der Waals surface area contributed by atoms with Crippen LogP contribution in [0.1, 0.15) is 18.4 Å². The number of rotatable bonds is 4. The molecule has 0 amide bonds.